The molecule has 1 aromatic heterocycles. The molecule has 12 rings (SSSR count). The molecule has 38 nitrogen and oxygen atoms in total. The van der Waals surface area contributed by atoms with Gasteiger partial charge in [0.25, 0.3) is 0 Å². The lowest BCUT2D eigenvalue weighted by Gasteiger charge is -2.32. The molecule has 1 aromatic rings. The number of rotatable bonds is 28. The maximum atomic E-state index is 11.1. The van der Waals surface area contributed by atoms with Crippen molar-refractivity contribution in [1.82, 2.24) is 39.4 Å². The lowest BCUT2D eigenvalue weighted by molar-refractivity contribution is -0.117. The number of nitrogens with zero attached hydrogens (tertiary/aromatic N) is 12. The first-order valence-electron chi connectivity index (χ1n) is 44.7. The Kier molecular flexibility index (Phi) is 43.6. The minimum Gasteiger partial charge on any atom is -0.491 e. The highest BCUT2D eigenvalue weighted by molar-refractivity contribution is 9.12. The van der Waals surface area contributed by atoms with Crippen LogP contribution in [0.1, 0.15) is 62.8 Å². The number of methoxy groups -OCH3 is 4. The molecular formula is C91H153Br2N17O21P6S. The largest absolute Gasteiger partial charge is 0.491 e. The average Bonchev–Trinajstić information content (AvgIpc) is 1.64. The summed E-state index contributed by atoms with van der Waals surface area (Å²) in [5.74, 6) is 3.97. The van der Waals surface area contributed by atoms with Gasteiger partial charge in [0, 0.05) is 64.2 Å². The fraction of sp³-hybridized carbons (Fsp3) is 0.604. The van der Waals surface area contributed by atoms with E-state index in [0.717, 1.165) is 61.1 Å². The monoisotopic (exact) mass is 2200 g/mol. The molecule has 0 radical (unpaired) electrons. The average molecular weight is 2200 g/mol. The van der Waals surface area contributed by atoms with Crippen LogP contribution in [0.4, 0.5) is 0 Å². The zero-order chi connectivity index (χ0) is 104. The van der Waals surface area contributed by atoms with Gasteiger partial charge in [-0.15, -0.1) is 79.1 Å². The highest BCUT2D eigenvalue weighted by Gasteiger charge is 2.53. The number of aliphatic imine (C=N–C) groups is 5. The third kappa shape index (κ3) is 33.5. The first kappa shape index (κ1) is 119. The third-order valence-electron chi connectivity index (χ3n) is 23.5. The van der Waals surface area contributed by atoms with Crippen molar-refractivity contribution < 1.29 is 103 Å². The van der Waals surface area contributed by atoms with Crippen molar-refractivity contribution in [2.24, 2.45) is 54.9 Å². The number of aliphatic hydroxyl groups excluding tert-OH is 10. The molecule has 6 saturated heterocycles. The molecule has 11 aliphatic rings. The van der Waals surface area contributed by atoms with Crippen LogP contribution in [0.15, 0.2) is 151 Å². The second-order valence-corrected chi connectivity index (χ2v) is 67.5. The molecule has 1 amide bonds. The van der Waals surface area contributed by atoms with Gasteiger partial charge in [-0.2, -0.15) is 0 Å². The SMILES string of the molecule is C=C1N=C(N)C(Br)=CN1[C@@H]1O[C@H](CCP(=C)(C)C)[C@@H](O)[C@H]1O.C=C1N=C(N)C(Br)=CN1[C@@H]1O[C@H](CCP(=C)(C)C)[C@@H](O)[C@H]1O.C=C1N=C(N)C(OC)=CN1[C@@H]1O[C@H](CCP(=C)(C)C)[C@@H](O)[C@H]1O.C=C1N=C(N)C(OC)=CN1[C@@H]1O[C@H](CCP(=C)(C)C)[C@@H](O)[C@H]1OC.C=C1N=C(NC(C)=O)C=CN1[C@@H]1O[C@H](CCP(=C)(C)C)[C@@H](O)[C@H]1OC.C=P(C)(C)CC[C@H]1O[C@@H](c2cn(C)c(=S)nc2C)[C@H](O)[C@@H]1O. The number of ether oxygens (including phenoxy) is 10. The highest BCUT2D eigenvalue weighted by Crippen LogP contribution is 2.47. The fourth-order valence-corrected chi connectivity index (χ4v) is 22.2. The molecule has 47 heteroatoms. The minimum absolute atomic E-state index is 0.203. The van der Waals surface area contributed by atoms with Gasteiger partial charge >= 0.3 is 0 Å². The third-order valence-corrected chi connectivity index (χ3v) is 34.0. The molecule has 0 aromatic carbocycles. The molecule has 19 N–H and O–H groups in total. The summed E-state index contributed by atoms with van der Waals surface area (Å²) in [6.07, 6.45) is 29.8. The molecule has 12 heterocycles. The van der Waals surface area contributed by atoms with Crippen LogP contribution in [-0.2, 0) is 59.2 Å². The van der Waals surface area contributed by atoms with Gasteiger partial charge in [0.1, 0.15) is 126 Å². The van der Waals surface area contributed by atoms with Gasteiger partial charge in [0.15, 0.2) is 59.1 Å². The number of carbonyl (C=O) groups is 1. The quantitative estimate of drug-likeness (QED) is 0.0361. The predicted octanol–water partition coefficient (Wildman–Crippen LogP) is 5.55. The number of hydrogen-bond acceptors (Lipinski definition) is 37. The van der Waals surface area contributed by atoms with E-state index in [-0.39, 0.29) is 35.9 Å². The molecule has 0 unspecified atom stereocenters. The second kappa shape index (κ2) is 50.4. The number of nitrogens with two attached hydrogens (primary N) is 4. The fourth-order valence-electron chi connectivity index (χ4n) is 15.7. The summed E-state index contributed by atoms with van der Waals surface area (Å²) >= 11 is 11.7. The molecule has 24 atom stereocenters. The number of amides is 1. The van der Waals surface area contributed by atoms with Crippen LogP contribution in [0.25, 0.3) is 0 Å². The molecule has 6 fully saturated rings. The number of hydrogen-bond donors (Lipinski definition) is 15. The van der Waals surface area contributed by atoms with Crippen LogP contribution in [0.5, 0.6) is 0 Å². The van der Waals surface area contributed by atoms with Crippen molar-refractivity contribution in [3.05, 3.63) is 142 Å². The number of halogens is 2. The lowest BCUT2D eigenvalue weighted by atomic mass is 10.0. The van der Waals surface area contributed by atoms with E-state index in [4.69, 9.17) is 82.5 Å². The zero-order valence-corrected chi connectivity index (χ0v) is 92.5. The first-order valence-corrected chi connectivity index (χ1v) is 65.0. The molecule has 778 valence electrons. The van der Waals surface area contributed by atoms with Gasteiger partial charge in [-0.1, -0.05) is 32.9 Å². The number of amidine groups is 5. The van der Waals surface area contributed by atoms with E-state index in [1.807, 2.05) is 20.2 Å². The topological polar surface area (TPSA) is 524 Å². The van der Waals surface area contributed by atoms with Crippen LogP contribution in [-0.4, -0.2) is 444 Å². The summed E-state index contributed by atoms with van der Waals surface area (Å²) in [5.41, 5.74) is 24.5. The number of nitrogens with one attached hydrogen (secondary N) is 1. The van der Waals surface area contributed by atoms with E-state index in [0.29, 0.717) is 97.5 Å². The van der Waals surface area contributed by atoms with Gasteiger partial charge in [-0.25, -0.2) is 29.9 Å². The van der Waals surface area contributed by atoms with Crippen molar-refractivity contribution in [3.63, 3.8) is 0 Å². The van der Waals surface area contributed by atoms with Crippen LogP contribution in [0, 0.1) is 11.7 Å². The Bertz CT molecular complexity index is 5150. The van der Waals surface area contributed by atoms with Crippen LogP contribution in [0.2, 0.25) is 0 Å². The van der Waals surface area contributed by atoms with E-state index < -0.39 is 170 Å². The summed E-state index contributed by atoms with van der Waals surface area (Å²) < 4.78 is 60.3. The standard InChI is InChI=1S/C17H28N3O4P.C16H28N3O4P.C15H26N3O4P.C15H25N2O3PS.2C14H23BrN3O3P/c1-11-18-14(19-12(2)21)7-9-20(11)17-16(23-3)15(22)13(24-17)8-10-25(4,5)6;1-10-18-15(17)12(21-2)9-19(10)16-14(22-3)13(20)11(23-16)7-8-24(4,5)6;1-9-17-14(16)11(21-2)8-18(9)15-13(20)12(19)10(22-15)6-7-23(3,4)5;1-9-10(8-17(2)15(22)16-9)14-13(19)12(18)11(20-14)6-7-21(3,4)5;2*1-8-17-13(16)9(15)7-18(8)14-12(20)11(19)10(21-14)5-6-22(2,3)4/h7,9,13,15-17,22H,1,4,8,10H2,2-3,5-6H3,(H,18,19,21);9,11,13-14,16,20H,1,4,7-8H2,2-3,5-6H3,(H2,17,18);8,10,12-13,15,19-20H,1,3,6-7H2,2,4-5H3,(H2,16,17);8,11-14,18-19H,3,6-7H2,1-2,4-5H3;2*7,10-12,14,19-20H,1-2,5-6H2,3-4H3,(H2,16,17)/t13-,15-,16-,17-;11-,13-,14-,16-;10-,12-,13-,15-;11-,12-,13-,14+;2*10-,11-,12-,14-/m111111/s1. The Morgan fingerprint density at radius 2 is 0.703 bits per heavy atom. The first-order chi connectivity index (χ1) is 63.7. The summed E-state index contributed by atoms with van der Waals surface area (Å²) in [7, 11) is 7.90. The molecule has 0 aliphatic carbocycles. The van der Waals surface area contributed by atoms with Crippen LogP contribution in [0.3, 0.4) is 0 Å². The zero-order valence-electron chi connectivity index (χ0n) is 83.1. The van der Waals surface area contributed by atoms with Gasteiger partial charge in [0.2, 0.25) is 5.91 Å². The number of carbonyl (C=O) groups excluding carboxylic acids is 1. The summed E-state index contributed by atoms with van der Waals surface area (Å²) in [5, 5.41) is 106. The maximum absolute atomic E-state index is 11.1. The molecule has 0 spiro atoms. The Labute approximate surface area is 836 Å². The second-order valence-electron chi connectivity index (χ2n) is 39.5. The summed E-state index contributed by atoms with van der Waals surface area (Å²) in [6.45, 7) is 41.0. The Balaban J connectivity index is 0.000000226. The van der Waals surface area contributed by atoms with Gasteiger partial charge in [-0.05, 0) is 213 Å². The van der Waals surface area contributed by atoms with Gasteiger partial charge in [0.05, 0.1) is 72.2 Å². The van der Waals surface area contributed by atoms with Crippen molar-refractivity contribution >= 4 is 158 Å². The Morgan fingerprint density at radius 3 is 1.01 bits per heavy atom. The number of aromatic nitrogens is 2. The highest BCUT2D eigenvalue weighted by atomic mass is 79.9. The van der Waals surface area contributed by atoms with Crippen molar-refractivity contribution in [2.75, 3.05) is 145 Å². The van der Waals surface area contributed by atoms with E-state index >= 15 is 0 Å². The predicted molar refractivity (Wildman–Crippen MR) is 580 cm³/mol. The van der Waals surface area contributed by atoms with E-state index in [1.54, 1.807) is 75.5 Å². The smallest absolute Gasteiger partial charge is 0.222 e. The molecule has 0 bridgehead atoms. The number of aliphatic hydroxyl groups is 10. The Morgan fingerprint density at radius 1 is 0.428 bits per heavy atom. The maximum Gasteiger partial charge on any atom is 0.222 e. The van der Waals surface area contributed by atoms with Gasteiger partial charge < -0.3 is 156 Å². The molecular weight excluding hydrogens is 2040 g/mol. The molecule has 11 aliphatic heterocycles. The lowest BCUT2D eigenvalue weighted by Crippen LogP contribution is -2.43. The molecule has 138 heavy (non-hydrogen) atoms. The van der Waals surface area contributed by atoms with Crippen molar-refractivity contribution in [1.29, 1.82) is 0 Å². The van der Waals surface area contributed by atoms with Crippen LogP contribution < -0.4 is 28.3 Å². The molecule has 0 saturated carbocycles. The number of aryl methyl sites for hydroxylation is 2. The summed E-state index contributed by atoms with van der Waals surface area (Å²) in [4.78, 5) is 44.2. The van der Waals surface area contributed by atoms with Crippen LogP contribution >= 0.6 is 85.4 Å². The normalized spacial score (nSPS) is 31.2. The Hall–Kier alpha value is -5.64. The summed E-state index contributed by atoms with van der Waals surface area (Å²) in [6, 6.07) is 0. The minimum atomic E-state index is -1.23. The van der Waals surface area contributed by atoms with Crippen molar-refractivity contribution in [3.8, 4) is 0 Å². The van der Waals surface area contributed by atoms with Crippen molar-refractivity contribution in [2.45, 2.75) is 199 Å². The van der Waals surface area contributed by atoms with Gasteiger partial charge in [-0.3, -0.25) is 4.79 Å². The van der Waals surface area contributed by atoms with E-state index in [1.165, 1.54) is 26.0 Å². The van der Waals surface area contributed by atoms with E-state index in [9.17, 15) is 55.9 Å². The van der Waals surface area contributed by atoms with E-state index in [2.05, 4.69) is 218 Å².